The van der Waals surface area contributed by atoms with Crippen LogP contribution in [0.4, 0.5) is 0 Å². The number of aryl methyl sites for hydroxylation is 1. The summed E-state index contributed by atoms with van der Waals surface area (Å²) in [5, 5.41) is 10.5. The molecular formula is C12H15NO2. The van der Waals surface area contributed by atoms with Gasteiger partial charge < -0.3 is 0 Å². The number of nitrogens with zero attached hydrogens (tertiary/aromatic N) is 1. The zero-order valence-electron chi connectivity index (χ0n) is 8.85. The van der Waals surface area contributed by atoms with Crippen LogP contribution in [0.2, 0.25) is 0 Å². The Morgan fingerprint density at radius 1 is 1.40 bits per heavy atom. The van der Waals surface area contributed by atoms with Gasteiger partial charge >= 0.3 is 0 Å². The molecule has 0 spiro atoms. The van der Waals surface area contributed by atoms with Crippen LogP contribution in [0.15, 0.2) is 42.1 Å². The summed E-state index contributed by atoms with van der Waals surface area (Å²) in [6.07, 6.45) is 3.79. The van der Waals surface area contributed by atoms with Crippen molar-refractivity contribution in [3.05, 3.63) is 57.8 Å². The van der Waals surface area contributed by atoms with Crippen LogP contribution in [0, 0.1) is 10.1 Å². The molecule has 15 heavy (non-hydrogen) atoms. The molecule has 80 valence electrons. The lowest BCUT2D eigenvalue weighted by Gasteiger charge is -1.97. The maximum absolute atomic E-state index is 10.5. The molecule has 0 bridgehead atoms. The molecule has 1 rings (SSSR count). The second-order valence-electron chi connectivity index (χ2n) is 3.33. The highest BCUT2D eigenvalue weighted by Gasteiger charge is 2.05. The number of nitro groups is 1. The van der Waals surface area contributed by atoms with E-state index in [0.29, 0.717) is 12.1 Å². The largest absolute Gasteiger partial charge is 0.259 e. The van der Waals surface area contributed by atoms with Gasteiger partial charge in [-0.05, 0) is 24.5 Å². The molecule has 0 aliphatic heterocycles. The first-order valence-corrected chi connectivity index (χ1v) is 5.11. The standard InChI is InChI=1S/C12H15NO2/c1-2-12(13(14)15)10-6-9-11-7-4-3-5-8-11/h3-5,7-8,10H,2,6,9H2,1H3/b12-10-. The lowest BCUT2D eigenvalue weighted by Crippen LogP contribution is -1.97. The third kappa shape index (κ3) is 3.94. The summed E-state index contributed by atoms with van der Waals surface area (Å²) < 4.78 is 0. The van der Waals surface area contributed by atoms with E-state index in [2.05, 4.69) is 0 Å². The molecule has 0 radical (unpaired) electrons. The molecule has 0 aliphatic rings. The minimum Gasteiger partial charge on any atom is -0.259 e. The van der Waals surface area contributed by atoms with Gasteiger partial charge in [0.25, 0.3) is 0 Å². The van der Waals surface area contributed by atoms with E-state index in [1.807, 2.05) is 30.3 Å². The maximum atomic E-state index is 10.5. The van der Waals surface area contributed by atoms with Crippen LogP contribution in [0.3, 0.4) is 0 Å². The Bertz CT molecular complexity index is 344. The zero-order valence-corrected chi connectivity index (χ0v) is 8.85. The molecule has 0 fully saturated rings. The van der Waals surface area contributed by atoms with Gasteiger partial charge in [-0.2, -0.15) is 0 Å². The van der Waals surface area contributed by atoms with Crippen molar-refractivity contribution in [3.8, 4) is 0 Å². The summed E-state index contributed by atoms with van der Waals surface area (Å²) in [5.74, 6) is 0. The lowest BCUT2D eigenvalue weighted by atomic mass is 10.1. The summed E-state index contributed by atoms with van der Waals surface area (Å²) in [7, 11) is 0. The van der Waals surface area contributed by atoms with Crippen LogP contribution in [-0.2, 0) is 6.42 Å². The van der Waals surface area contributed by atoms with Gasteiger partial charge in [-0.3, -0.25) is 10.1 Å². The summed E-state index contributed by atoms with van der Waals surface area (Å²) >= 11 is 0. The van der Waals surface area contributed by atoms with Gasteiger partial charge in [-0.25, -0.2) is 0 Å². The van der Waals surface area contributed by atoms with E-state index in [9.17, 15) is 10.1 Å². The SMILES string of the molecule is CC/C(=C/CCc1ccccc1)[N+](=O)[O-]. The van der Waals surface area contributed by atoms with Crippen LogP contribution in [0.1, 0.15) is 25.3 Å². The van der Waals surface area contributed by atoms with Gasteiger partial charge in [-0.1, -0.05) is 37.3 Å². The summed E-state index contributed by atoms with van der Waals surface area (Å²) in [4.78, 5) is 10.2. The molecular weight excluding hydrogens is 190 g/mol. The van der Waals surface area contributed by atoms with E-state index in [1.165, 1.54) is 5.56 Å². The Balaban J connectivity index is 2.48. The number of allylic oxidation sites excluding steroid dienone is 2. The number of hydrogen-bond donors (Lipinski definition) is 0. The van der Waals surface area contributed by atoms with Crippen LogP contribution in [0.25, 0.3) is 0 Å². The molecule has 0 heterocycles. The first-order chi connectivity index (χ1) is 7.24. The average molecular weight is 205 g/mol. The van der Waals surface area contributed by atoms with Gasteiger partial charge in [0, 0.05) is 6.42 Å². The predicted octanol–water partition coefficient (Wildman–Crippen LogP) is 3.19. The fraction of sp³-hybridized carbons (Fsp3) is 0.333. The summed E-state index contributed by atoms with van der Waals surface area (Å²) in [6, 6.07) is 9.99. The molecule has 0 N–H and O–H groups in total. The van der Waals surface area contributed by atoms with E-state index >= 15 is 0 Å². The van der Waals surface area contributed by atoms with Crippen molar-refractivity contribution >= 4 is 0 Å². The van der Waals surface area contributed by atoms with Gasteiger partial charge in [0.05, 0.1) is 4.92 Å². The fourth-order valence-corrected chi connectivity index (χ4v) is 1.40. The second-order valence-corrected chi connectivity index (χ2v) is 3.33. The smallest absolute Gasteiger partial charge is 0.242 e. The third-order valence-corrected chi connectivity index (χ3v) is 2.25. The van der Waals surface area contributed by atoms with E-state index < -0.39 is 0 Å². The second kappa shape index (κ2) is 5.96. The minimum absolute atomic E-state index is 0.301. The van der Waals surface area contributed by atoms with E-state index in [4.69, 9.17) is 0 Å². The monoisotopic (exact) mass is 205 g/mol. The molecule has 3 heteroatoms. The summed E-state index contributed by atoms with van der Waals surface area (Å²) in [5.41, 5.74) is 1.53. The molecule has 0 saturated carbocycles. The molecule has 0 aliphatic carbocycles. The van der Waals surface area contributed by atoms with Crippen molar-refractivity contribution in [1.29, 1.82) is 0 Å². The van der Waals surface area contributed by atoms with Crippen LogP contribution < -0.4 is 0 Å². The van der Waals surface area contributed by atoms with Crippen LogP contribution >= 0.6 is 0 Å². The van der Waals surface area contributed by atoms with Crippen molar-refractivity contribution in [2.24, 2.45) is 0 Å². The molecule has 3 nitrogen and oxygen atoms in total. The Kier molecular flexibility index (Phi) is 4.54. The average Bonchev–Trinajstić information content (AvgIpc) is 2.25. The molecule has 0 atom stereocenters. The first kappa shape index (κ1) is 11.4. The Hall–Kier alpha value is -1.64. The molecule has 1 aromatic carbocycles. The third-order valence-electron chi connectivity index (χ3n) is 2.25. The number of hydrogen-bond acceptors (Lipinski definition) is 2. The van der Waals surface area contributed by atoms with Crippen molar-refractivity contribution in [2.45, 2.75) is 26.2 Å². The Labute approximate surface area is 89.6 Å². The van der Waals surface area contributed by atoms with Gasteiger partial charge in [0.2, 0.25) is 5.70 Å². The maximum Gasteiger partial charge on any atom is 0.242 e. The van der Waals surface area contributed by atoms with Gasteiger partial charge in [-0.15, -0.1) is 0 Å². The van der Waals surface area contributed by atoms with Crippen molar-refractivity contribution in [1.82, 2.24) is 0 Å². The van der Waals surface area contributed by atoms with E-state index in [0.717, 1.165) is 12.8 Å². The number of benzene rings is 1. The normalized spacial score (nSPS) is 11.4. The van der Waals surface area contributed by atoms with Crippen LogP contribution in [-0.4, -0.2) is 4.92 Å². The number of rotatable bonds is 5. The Morgan fingerprint density at radius 2 is 2.07 bits per heavy atom. The van der Waals surface area contributed by atoms with E-state index in [1.54, 1.807) is 13.0 Å². The predicted molar refractivity (Wildman–Crippen MR) is 60.1 cm³/mol. The van der Waals surface area contributed by atoms with Gasteiger partial charge in [0.15, 0.2) is 0 Å². The minimum atomic E-state index is -0.301. The first-order valence-electron chi connectivity index (χ1n) is 5.11. The van der Waals surface area contributed by atoms with Crippen molar-refractivity contribution < 1.29 is 4.92 Å². The molecule has 0 saturated heterocycles. The highest BCUT2D eigenvalue weighted by molar-refractivity contribution is 5.15. The zero-order chi connectivity index (χ0) is 11.1. The lowest BCUT2D eigenvalue weighted by molar-refractivity contribution is -0.427. The van der Waals surface area contributed by atoms with Gasteiger partial charge in [0.1, 0.15) is 0 Å². The highest BCUT2D eigenvalue weighted by atomic mass is 16.6. The van der Waals surface area contributed by atoms with E-state index in [-0.39, 0.29) is 4.92 Å². The van der Waals surface area contributed by atoms with Crippen LogP contribution in [0.5, 0.6) is 0 Å². The highest BCUT2D eigenvalue weighted by Crippen LogP contribution is 2.07. The molecule has 0 unspecified atom stereocenters. The summed E-state index contributed by atoms with van der Waals surface area (Å²) in [6.45, 7) is 1.80. The fourth-order valence-electron chi connectivity index (χ4n) is 1.40. The molecule has 0 amide bonds. The molecule has 1 aromatic rings. The van der Waals surface area contributed by atoms with Crippen molar-refractivity contribution in [2.75, 3.05) is 0 Å². The Morgan fingerprint density at radius 3 is 2.60 bits per heavy atom. The molecule has 0 aromatic heterocycles. The van der Waals surface area contributed by atoms with Crippen molar-refractivity contribution in [3.63, 3.8) is 0 Å². The quantitative estimate of drug-likeness (QED) is 0.547. The topological polar surface area (TPSA) is 43.1 Å².